The first-order chi connectivity index (χ1) is 13.1. The Balaban J connectivity index is 2.41. The molecule has 0 spiro atoms. The number of pyridine rings is 1. The number of aromatic nitrogens is 1. The molecular weight excluding hydrogens is 363 g/mol. The molecule has 0 unspecified atom stereocenters. The predicted molar refractivity (Wildman–Crippen MR) is 107 cm³/mol. The molecule has 3 nitrogen and oxygen atoms in total. The highest BCUT2D eigenvalue weighted by Gasteiger charge is 2.40. The minimum atomic E-state index is -4.54. The second-order valence-electron chi connectivity index (χ2n) is 7.40. The zero-order valence-electron chi connectivity index (χ0n) is 16.7. The lowest BCUT2D eigenvalue weighted by Gasteiger charge is -2.31. The second kappa shape index (κ2) is 8.59. The Labute approximate surface area is 164 Å². The van der Waals surface area contributed by atoms with E-state index in [9.17, 15) is 13.2 Å². The molecule has 0 bridgehead atoms. The van der Waals surface area contributed by atoms with Gasteiger partial charge >= 0.3 is 6.18 Å². The molecule has 1 aromatic carbocycles. The lowest BCUT2D eigenvalue weighted by Crippen LogP contribution is -2.34. The number of halogens is 3. The molecule has 0 N–H and O–H groups in total. The number of hydrazone groups is 1. The number of hydrogen-bond donors (Lipinski definition) is 0. The maximum Gasteiger partial charge on any atom is 0.433 e. The van der Waals surface area contributed by atoms with Crippen LogP contribution in [0.25, 0.3) is 0 Å². The molecule has 0 saturated heterocycles. The van der Waals surface area contributed by atoms with Gasteiger partial charge in [0, 0.05) is 29.9 Å². The molecular formula is C22H26F3N3. The summed E-state index contributed by atoms with van der Waals surface area (Å²) in [6.07, 6.45) is -1.12. The highest BCUT2D eigenvalue weighted by atomic mass is 19.4. The van der Waals surface area contributed by atoms with Gasteiger partial charge in [0.2, 0.25) is 0 Å². The van der Waals surface area contributed by atoms with E-state index in [2.05, 4.69) is 16.7 Å². The van der Waals surface area contributed by atoms with E-state index >= 15 is 0 Å². The van der Waals surface area contributed by atoms with Gasteiger partial charge in [0.05, 0.1) is 6.54 Å². The molecule has 0 amide bonds. The van der Waals surface area contributed by atoms with E-state index in [-0.39, 0.29) is 12.1 Å². The van der Waals surface area contributed by atoms with Crippen molar-refractivity contribution in [3.63, 3.8) is 0 Å². The van der Waals surface area contributed by atoms with Crippen LogP contribution < -0.4 is 0 Å². The lowest BCUT2D eigenvalue weighted by molar-refractivity contribution is -0.142. The van der Waals surface area contributed by atoms with Crippen LogP contribution in [0.5, 0.6) is 0 Å². The average Bonchev–Trinajstić information content (AvgIpc) is 2.62. The fourth-order valence-corrected chi connectivity index (χ4v) is 3.07. The normalized spacial score (nSPS) is 12.4. The van der Waals surface area contributed by atoms with Gasteiger partial charge in [-0.2, -0.15) is 18.3 Å². The molecule has 0 saturated carbocycles. The minimum absolute atomic E-state index is 0.144. The van der Waals surface area contributed by atoms with Gasteiger partial charge in [-0.25, -0.2) is 4.98 Å². The van der Waals surface area contributed by atoms with Crippen molar-refractivity contribution in [1.29, 1.82) is 0 Å². The van der Waals surface area contributed by atoms with Gasteiger partial charge in [-0.3, -0.25) is 5.01 Å². The highest BCUT2D eigenvalue weighted by molar-refractivity contribution is 5.52. The molecule has 1 aromatic heterocycles. The third-order valence-electron chi connectivity index (χ3n) is 4.49. The van der Waals surface area contributed by atoms with Gasteiger partial charge in [-0.05, 0) is 31.0 Å². The molecule has 0 aliphatic heterocycles. The summed E-state index contributed by atoms with van der Waals surface area (Å²) in [5.74, 6) is 0. The second-order valence-corrected chi connectivity index (χ2v) is 7.40. The quantitative estimate of drug-likeness (QED) is 0.447. The van der Waals surface area contributed by atoms with E-state index in [1.807, 2.05) is 31.2 Å². The number of benzene rings is 1. The molecule has 0 aliphatic carbocycles. The first kappa shape index (κ1) is 21.7. The van der Waals surface area contributed by atoms with Crippen LogP contribution in [0.2, 0.25) is 0 Å². The van der Waals surface area contributed by atoms with Crippen LogP contribution >= 0.6 is 0 Å². The van der Waals surface area contributed by atoms with Gasteiger partial charge in [0.1, 0.15) is 5.69 Å². The standard InChI is InChI=1S/C22H26F3N3/c1-6-26-28(7-2)15-21(4,5)19-13-12-18(27-20(19)22(23,24)25)14-17-10-8-16(3)9-11-17/h6-13H,2,14-15H2,1,3-5H3/b26-6-. The van der Waals surface area contributed by atoms with Gasteiger partial charge < -0.3 is 0 Å². The Morgan fingerprint density at radius 3 is 2.29 bits per heavy atom. The molecule has 0 aliphatic rings. The Bertz CT molecular complexity index is 837. The van der Waals surface area contributed by atoms with Crippen LogP contribution in [-0.4, -0.2) is 22.8 Å². The van der Waals surface area contributed by atoms with Crippen LogP contribution in [-0.2, 0) is 18.0 Å². The van der Waals surface area contributed by atoms with Crippen LogP contribution in [0.15, 0.2) is 54.3 Å². The van der Waals surface area contributed by atoms with Crippen molar-refractivity contribution < 1.29 is 13.2 Å². The van der Waals surface area contributed by atoms with E-state index in [0.29, 0.717) is 12.1 Å². The van der Waals surface area contributed by atoms with Crippen molar-refractivity contribution in [1.82, 2.24) is 9.99 Å². The average molecular weight is 389 g/mol. The largest absolute Gasteiger partial charge is 0.433 e. The third kappa shape index (κ3) is 5.44. The zero-order valence-corrected chi connectivity index (χ0v) is 16.7. The SMILES string of the molecule is C=CN(CC(C)(C)c1ccc(Cc2ccc(C)cc2)nc1C(F)(F)F)/N=C\C. The Kier molecular flexibility index (Phi) is 6.65. The van der Waals surface area contributed by atoms with Crippen molar-refractivity contribution in [3.05, 3.63) is 77.3 Å². The summed E-state index contributed by atoms with van der Waals surface area (Å²) in [5, 5.41) is 5.64. The van der Waals surface area contributed by atoms with Crippen LogP contribution in [0.4, 0.5) is 13.2 Å². The lowest BCUT2D eigenvalue weighted by atomic mass is 9.82. The molecule has 2 rings (SSSR count). The number of alkyl halides is 3. The summed E-state index contributed by atoms with van der Waals surface area (Å²) >= 11 is 0. The smallest absolute Gasteiger partial charge is 0.273 e. The summed E-state index contributed by atoms with van der Waals surface area (Å²) < 4.78 is 41.4. The van der Waals surface area contributed by atoms with Crippen molar-refractivity contribution in [3.8, 4) is 0 Å². The molecule has 0 radical (unpaired) electrons. The van der Waals surface area contributed by atoms with Crippen molar-refractivity contribution in [2.75, 3.05) is 6.54 Å². The third-order valence-corrected chi connectivity index (χ3v) is 4.49. The maximum atomic E-state index is 13.8. The van der Waals surface area contributed by atoms with Crippen molar-refractivity contribution in [2.45, 2.75) is 45.7 Å². The van der Waals surface area contributed by atoms with Crippen molar-refractivity contribution in [2.24, 2.45) is 5.10 Å². The summed E-state index contributed by atoms with van der Waals surface area (Å²) in [6.45, 7) is 11.1. The van der Waals surface area contributed by atoms with Gasteiger partial charge in [-0.15, -0.1) is 0 Å². The monoisotopic (exact) mass is 389 g/mol. The molecule has 28 heavy (non-hydrogen) atoms. The summed E-state index contributed by atoms with van der Waals surface area (Å²) in [6, 6.07) is 10.9. The van der Waals surface area contributed by atoms with Crippen LogP contribution in [0.1, 0.15) is 48.8 Å². The van der Waals surface area contributed by atoms with Gasteiger partial charge in [0.15, 0.2) is 0 Å². The van der Waals surface area contributed by atoms with E-state index in [4.69, 9.17) is 0 Å². The maximum absolute atomic E-state index is 13.8. The first-order valence-corrected chi connectivity index (χ1v) is 9.08. The fraction of sp³-hybridized carbons (Fsp3) is 0.364. The van der Waals surface area contributed by atoms with Gasteiger partial charge in [0.25, 0.3) is 0 Å². The van der Waals surface area contributed by atoms with Crippen LogP contribution in [0.3, 0.4) is 0 Å². The molecule has 150 valence electrons. The molecule has 0 fully saturated rings. The molecule has 1 heterocycles. The summed E-state index contributed by atoms with van der Waals surface area (Å²) in [7, 11) is 0. The topological polar surface area (TPSA) is 28.5 Å². The summed E-state index contributed by atoms with van der Waals surface area (Å²) in [5.41, 5.74) is 0.890. The number of hydrogen-bond acceptors (Lipinski definition) is 3. The zero-order chi connectivity index (χ0) is 20.9. The van der Waals surface area contributed by atoms with Crippen molar-refractivity contribution >= 4 is 6.21 Å². The number of nitrogens with zero attached hydrogens (tertiary/aromatic N) is 3. The Morgan fingerprint density at radius 1 is 1.11 bits per heavy atom. The minimum Gasteiger partial charge on any atom is -0.273 e. The van der Waals surface area contributed by atoms with Crippen LogP contribution in [0, 0.1) is 6.92 Å². The molecule has 0 atom stereocenters. The Morgan fingerprint density at radius 2 is 1.75 bits per heavy atom. The van der Waals surface area contributed by atoms with E-state index in [0.717, 1.165) is 11.1 Å². The van der Waals surface area contributed by atoms with E-state index < -0.39 is 17.3 Å². The van der Waals surface area contributed by atoms with Gasteiger partial charge in [-0.1, -0.05) is 56.3 Å². The number of rotatable bonds is 7. The first-order valence-electron chi connectivity index (χ1n) is 9.08. The fourth-order valence-electron chi connectivity index (χ4n) is 3.07. The highest BCUT2D eigenvalue weighted by Crippen LogP contribution is 2.37. The molecule has 2 aromatic rings. The molecule has 6 heteroatoms. The predicted octanol–water partition coefficient (Wildman–Crippen LogP) is 5.73. The van der Waals surface area contributed by atoms with E-state index in [1.165, 1.54) is 17.3 Å². The van der Waals surface area contributed by atoms with E-state index in [1.54, 1.807) is 33.1 Å². The summed E-state index contributed by atoms with van der Waals surface area (Å²) in [4.78, 5) is 4.00. The Hall–Kier alpha value is -2.63. The number of aryl methyl sites for hydroxylation is 1.